The Morgan fingerprint density at radius 3 is 2.20 bits per heavy atom. The minimum Gasteiger partial charge on any atom is -0.485 e. The van der Waals surface area contributed by atoms with Crippen LogP contribution in [-0.4, -0.2) is 55.0 Å². The topological polar surface area (TPSA) is 180 Å². The maximum Gasteiger partial charge on any atom is 0.336 e. The van der Waals surface area contributed by atoms with E-state index in [9.17, 15) is 24.0 Å². The first kappa shape index (κ1) is 32.0. The first-order valence-corrected chi connectivity index (χ1v) is 13.7. The number of rotatable bonds is 11. The van der Waals surface area contributed by atoms with Crippen LogP contribution < -0.4 is 20.8 Å². The number of primary amides is 1. The summed E-state index contributed by atoms with van der Waals surface area (Å²) < 4.78 is 40.1. The highest BCUT2D eigenvalue weighted by Crippen LogP contribution is 2.39. The number of nitrogens with two attached hydrogens (primary N) is 1. The molecule has 1 saturated heterocycles. The molecule has 0 bridgehead atoms. The maximum absolute atomic E-state index is 12.2. The van der Waals surface area contributed by atoms with Gasteiger partial charge in [0.15, 0.2) is 23.7 Å². The quantitative estimate of drug-likeness (QED) is 0.191. The van der Waals surface area contributed by atoms with Gasteiger partial charge < -0.3 is 38.6 Å². The van der Waals surface area contributed by atoms with Crippen molar-refractivity contribution in [1.82, 2.24) is 0 Å². The zero-order valence-electron chi connectivity index (χ0n) is 24.6. The van der Waals surface area contributed by atoms with E-state index in [2.05, 4.69) is 0 Å². The second-order valence-corrected chi connectivity index (χ2v) is 10.3. The highest BCUT2D eigenvalue weighted by Gasteiger charge is 2.52. The molecule has 1 amide bonds. The average Bonchev–Trinajstić information content (AvgIpc) is 2.94. The van der Waals surface area contributed by atoms with Crippen molar-refractivity contribution < 1.29 is 52.0 Å². The Morgan fingerprint density at radius 2 is 1.57 bits per heavy atom. The Hall–Kier alpha value is -4.91. The second kappa shape index (κ2) is 14.0. The molecule has 13 heteroatoms. The third kappa shape index (κ3) is 8.13. The molecule has 0 saturated carbocycles. The number of carbonyl (C=O) groups excluding carboxylic acids is 4. The fourth-order valence-electron chi connectivity index (χ4n) is 4.93. The summed E-state index contributed by atoms with van der Waals surface area (Å²) in [5.41, 5.74) is 6.69. The molecule has 0 unspecified atom stereocenters. The predicted octanol–water partition coefficient (Wildman–Crippen LogP) is 2.70. The third-order valence-corrected chi connectivity index (χ3v) is 6.76. The molecule has 1 fully saturated rings. The summed E-state index contributed by atoms with van der Waals surface area (Å²) in [6.45, 7) is 4.92. The number of aryl methyl sites for hydroxylation is 1. The van der Waals surface area contributed by atoms with E-state index in [0.717, 1.165) is 19.4 Å². The maximum atomic E-state index is 12.2. The third-order valence-electron chi connectivity index (χ3n) is 6.76. The normalized spacial score (nSPS) is 21.2. The second-order valence-electron chi connectivity index (χ2n) is 10.3. The van der Waals surface area contributed by atoms with Gasteiger partial charge in [-0.25, -0.2) is 4.79 Å². The Kier molecular flexibility index (Phi) is 10.2. The van der Waals surface area contributed by atoms with E-state index in [4.69, 9.17) is 38.6 Å². The number of hydrogen-bond acceptors (Lipinski definition) is 12. The summed E-state index contributed by atoms with van der Waals surface area (Å²) in [4.78, 5) is 60.2. The highest BCUT2D eigenvalue weighted by atomic mass is 16.7. The number of benzene rings is 2. The van der Waals surface area contributed by atoms with Crippen LogP contribution in [0.1, 0.15) is 38.3 Å². The van der Waals surface area contributed by atoms with Gasteiger partial charge in [0.2, 0.25) is 12.2 Å². The molecule has 44 heavy (non-hydrogen) atoms. The summed E-state index contributed by atoms with van der Waals surface area (Å²) in [5, 5.41) is 0.528. The van der Waals surface area contributed by atoms with Gasteiger partial charge >= 0.3 is 23.5 Å². The predicted molar refractivity (Wildman–Crippen MR) is 152 cm³/mol. The van der Waals surface area contributed by atoms with E-state index in [1.165, 1.54) is 19.1 Å². The lowest BCUT2D eigenvalue weighted by Gasteiger charge is -2.44. The Balaban J connectivity index is 1.80. The molecule has 2 heterocycles. The highest BCUT2D eigenvalue weighted by molar-refractivity contribution is 5.84. The smallest absolute Gasteiger partial charge is 0.336 e. The molecule has 2 N–H and O–H groups in total. The number of carbonyl (C=O) groups is 4. The van der Waals surface area contributed by atoms with Gasteiger partial charge in [-0.2, -0.15) is 0 Å². The SMILES string of the molecule is CC(=O)OC[C@H]1O[C@@H](Oc2cc3c(C)cc(=O)oc3cc2OCc2ccccc2)[C@@H](CC(N)=O)[C@@H](OC(C)=O)[C@@H]1OC(C)=O. The van der Waals surface area contributed by atoms with Crippen molar-refractivity contribution in [2.24, 2.45) is 11.7 Å². The fourth-order valence-corrected chi connectivity index (χ4v) is 4.93. The van der Waals surface area contributed by atoms with Gasteiger partial charge in [0, 0.05) is 44.7 Å². The zero-order chi connectivity index (χ0) is 32.0. The van der Waals surface area contributed by atoms with Gasteiger partial charge in [0.05, 0.1) is 5.92 Å². The fraction of sp³-hybridized carbons (Fsp3) is 0.387. The van der Waals surface area contributed by atoms with E-state index in [-0.39, 0.29) is 23.7 Å². The molecule has 234 valence electrons. The van der Waals surface area contributed by atoms with E-state index >= 15 is 0 Å². The van der Waals surface area contributed by atoms with Crippen molar-refractivity contribution >= 4 is 34.8 Å². The molecule has 0 radical (unpaired) electrons. The molecule has 0 spiro atoms. The molecule has 2 aromatic carbocycles. The van der Waals surface area contributed by atoms with Crippen LogP contribution in [0, 0.1) is 12.8 Å². The summed E-state index contributed by atoms with van der Waals surface area (Å²) in [7, 11) is 0. The summed E-state index contributed by atoms with van der Waals surface area (Å²) in [5.74, 6) is -3.68. The minimum absolute atomic E-state index is 0.120. The van der Waals surface area contributed by atoms with Crippen LogP contribution >= 0.6 is 0 Å². The standard InChI is InChI=1S/C31H33NO12/c1-16-10-28(37)42-23-13-24(39-14-20-8-6-5-7-9-20)25(11-21(16)23)43-31-22(12-27(32)36)29(40-18(3)34)30(41-19(4)35)26(44-31)15-38-17(2)33/h5-11,13,22,26,29-31H,12,14-15H2,1-4H3,(H2,32,36)/t22-,26+,29+,30+,31+/m0/s1. The lowest BCUT2D eigenvalue weighted by molar-refractivity contribution is -0.270. The van der Waals surface area contributed by atoms with Crippen LogP contribution in [0.2, 0.25) is 0 Å². The molecular formula is C31H33NO12. The Bertz CT molecular complexity index is 1580. The van der Waals surface area contributed by atoms with E-state index < -0.39 is 73.0 Å². The summed E-state index contributed by atoms with van der Waals surface area (Å²) in [6.07, 6.45) is -5.48. The van der Waals surface area contributed by atoms with Gasteiger partial charge in [-0.3, -0.25) is 19.2 Å². The van der Waals surface area contributed by atoms with Crippen molar-refractivity contribution in [3.8, 4) is 11.5 Å². The van der Waals surface area contributed by atoms with Crippen molar-refractivity contribution in [3.05, 3.63) is 70.1 Å². The lowest BCUT2D eigenvalue weighted by Crippen LogP contribution is -2.60. The number of fused-ring (bicyclic) bond motifs is 1. The van der Waals surface area contributed by atoms with Crippen LogP contribution in [0.5, 0.6) is 11.5 Å². The van der Waals surface area contributed by atoms with Crippen molar-refractivity contribution in [3.63, 3.8) is 0 Å². The van der Waals surface area contributed by atoms with Gasteiger partial charge in [-0.05, 0) is 24.1 Å². The largest absolute Gasteiger partial charge is 0.485 e. The van der Waals surface area contributed by atoms with E-state index in [1.54, 1.807) is 13.0 Å². The molecule has 1 aliphatic rings. The summed E-state index contributed by atoms with van der Waals surface area (Å²) in [6, 6.07) is 13.7. The zero-order valence-corrected chi connectivity index (χ0v) is 24.6. The van der Waals surface area contributed by atoms with Crippen LogP contribution in [0.25, 0.3) is 11.0 Å². The van der Waals surface area contributed by atoms with Crippen molar-refractivity contribution in [1.29, 1.82) is 0 Å². The summed E-state index contributed by atoms with van der Waals surface area (Å²) >= 11 is 0. The van der Waals surface area contributed by atoms with Crippen LogP contribution in [-0.2, 0) is 44.7 Å². The van der Waals surface area contributed by atoms with Gasteiger partial charge in [0.1, 0.15) is 24.9 Å². The Labute approximate surface area is 252 Å². The lowest BCUT2D eigenvalue weighted by atomic mass is 9.87. The first-order valence-electron chi connectivity index (χ1n) is 13.7. The number of hydrogen-bond donors (Lipinski definition) is 1. The molecule has 4 rings (SSSR count). The molecular weight excluding hydrogens is 578 g/mol. The van der Waals surface area contributed by atoms with E-state index in [0.29, 0.717) is 10.9 Å². The average molecular weight is 612 g/mol. The molecule has 13 nitrogen and oxygen atoms in total. The molecule has 3 aromatic rings. The molecule has 0 aliphatic carbocycles. The molecule has 1 aromatic heterocycles. The van der Waals surface area contributed by atoms with E-state index in [1.807, 2.05) is 30.3 Å². The van der Waals surface area contributed by atoms with Crippen molar-refractivity contribution in [2.45, 2.75) is 65.3 Å². The van der Waals surface area contributed by atoms with Gasteiger partial charge in [-0.15, -0.1) is 0 Å². The molecule has 1 aliphatic heterocycles. The van der Waals surface area contributed by atoms with Crippen LogP contribution in [0.4, 0.5) is 0 Å². The monoisotopic (exact) mass is 611 g/mol. The molecule has 5 atom stereocenters. The Morgan fingerprint density at radius 1 is 0.886 bits per heavy atom. The first-order chi connectivity index (χ1) is 20.9. The van der Waals surface area contributed by atoms with Gasteiger partial charge in [0.25, 0.3) is 0 Å². The van der Waals surface area contributed by atoms with Gasteiger partial charge in [-0.1, -0.05) is 30.3 Å². The number of esters is 3. The number of ether oxygens (including phenoxy) is 6. The van der Waals surface area contributed by atoms with Crippen molar-refractivity contribution in [2.75, 3.05) is 6.61 Å². The number of amides is 1. The van der Waals surface area contributed by atoms with Crippen LogP contribution in [0.15, 0.2) is 57.7 Å². The van der Waals surface area contributed by atoms with Crippen LogP contribution in [0.3, 0.4) is 0 Å². The minimum atomic E-state index is -1.35.